The number of carbonyl (C=O) groups is 3. The molecule has 2 aliphatic heterocycles. The molecule has 2 aliphatic carbocycles. The van der Waals surface area contributed by atoms with Crippen LogP contribution in [0.2, 0.25) is 0 Å². The van der Waals surface area contributed by atoms with Gasteiger partial charge in [0, 0.05) is 62.5 Å². The predicted octanol–water partition coefficient (Wildman–Crippen LogP) is 4.67. The molecule has 7 nitrogen and oxygen atoms in total. The van der Waals surface area contributed by atoms with Crippen molar-refractivity contribution in [2.45, 2.75) is 77.0 Å². The van der Waals surface area contributed by atoms with Gasteiger partial charge in [0.25, 0.3) is 5.91 Å². The van der Waals surface area contributed by atoms with Gasteiger partial charge in [0.15, 0.2) is 0 Å². The van der Waals surface area contributed by atoms with Crippen LogP contribution in [0.15, 0.2) is 18.2 Å². The molecule has 2 saturated carbocycles. The summed E-state index contributed by atoms with van der Waals surface area (Å²) in [5.74, 6) is 0.747. The first-order valence-electron chi connectivity index (χ1n) is 14.4. The van der Waals surface area contributed by atoms with Gasteiger partial charge in [-0.3, -0.25) is 14.4 Å². The molecule has 0 spiro atoms. The summed E-state index contributed by atoms with van der Waals surface area (Å²) < 4.78 is 0. The lowest BCUT2D eigenvalue weighted by Gasteiger charge is -2.31. The molecule has 1 aromatic rings. The fraction of sp³-hybridized carbons (Fsp3) is 0.690. The topological polar surface area (TPSA) is 73.0 Å². The van der Waals surface area contributed by atoms with Gasteiger partial charge in [0.2, 0.25) is 11.8 Å². The number of likely N-dealkylation sites (tertiary alicyclic amines) is 1. The van der Waals surface area contributed by atoms with Crippen LogP contribution in [-0.2, 0) is 9.59 Å². The molecule has 7 heteroatoms. The summed E-state index contributed by atoms with van der Waals surface area (Å²) in [6.07, 6.45) is 12.7. The molecule has 5 rings (SSSR count). The minimum atomic E-state index is 0.0600. The number of carbonyl (C=O) groups excluding carboxylic acids is 3. The maximum Gasteiger partial charge on any atom is 0.256 e. The van der Waals surface area contributed by atoms with Gasteiger partial charge in [-0.05, 0) is 69.6 Å². The second kappa shape index (κ2) is 11.7. The van der Waals surface area contributed by atoms with Gasteiger partial charge in [-0.1, -0.05) is 25.7 Å². The number of hydrogen-bond acceptors (Lipinski definition) is 4. The Bertz CT molecular complexity index is 946. The first kappa shape index (κ1) is 25.1. The maximum absolute atomic E-state index is 13.7. The molecule has 4 fully saturated rings. The van der Waals surface area contributed by atoms with Crippen LogP contribution >= 0.6 is 0 Å². The number of rotatable bonds is 5. The SMILES string of the molecule is O=C(Nc1ccc(N2CCCN(C(=O)C3CCCC3)CC2)c(C(=O)N2CCCCC2)c1)C1CCCC1. The fourth-order valence-corrected chi connectivity index (χ4v) is 6.57. The summed E-state index contributed by atoms with van der Waals surface area (Å²) in [6.45, 7) is 4.62. The normalized spacial score (nSPS) is 22.1. The summed E-state index contributed by atoms with van der Waals surface area (Å²) in [6, 6.07) is 5.85. The van der Waals surface area contributed by atoms with Gasteiger partial charge in [-0.15, -0.1) is 0 Å². The van der Waals surface area contributed by atoms with Crippen LogP contribution in [0.1, 0.15) is 87.4 Å². The van der Waals surface area contributed by atoms with E-state index in [9.17, 15) is 14.4 Å². The van der Waals surface area contributed by atoms with Crippen molar-refractivity contribution in [2.24, 2.45) is 11.8 Å². The highest BCUT2D eigenvalue weighted by molar-refractivity contribution is 6.02. The van der Waals surface area contributed by atoms with E-state index in [0.29, 0.717) is 23.7 Å². The van der Waals surface area contributed by atoms with E-state index < -0.39 is 0 Å². The highest BCUT2D eigenvalue weighted by atomic mass is 16.2. The van der Waals surface area contributed by atoms with Crippen LogP contribution in [0.3, 0.4) is 0 Å². The van der Waals surface area contributed by atoms with Gasteiger partial charge in [0.1, 0.15) is 0 Å². The molecule has 1 aromatic carbocycles. The Balaban J connectivity index is 1.34. The Morgan fingerprint density at radius 2 is 1.33 bits per heavy atom. The van der Waals surface area contributed by atoms with Gasteiger partial charge in [0.05, 0.1) is 5.56 Å². The van der Waals surface area contributed by atoms with Crippen molar-refractivity contribution in [3.05, 3.63) is 23.8 Å². The fourth-order valence-electron chi connectivity index (χ4n) is 6.57. The average molecular weight is 495 g/mol. The summed E-state index contributed by atoms with van der Waals surface area (Å²) in [4.78, 5) is 45.8. The minimum Gasteiger partial charge on any atom is -0.369 e. The number of piperidine rings is 1. The smallest absolute Gasteiger partial charge is 0.256 e. The Labute approximate surface area is 215 Å². The summed E-state index contributed by atoms with van der Waals surface area (Å²) in [7, 11) is 0. The second-order valence-electron chi connectivity index (χ2n) is 11.2. The molecule has 36 heavy (non-hydrogen) atoms. The zero-order valence-corrected chi connectivity index (χ0v) is 21.7. The highest BCUT2D eigenvalue weighted by Gasteiger charge is 2.30. The Kier molecular flexibility index (Phi) is 8.12. The third-order valence-electron chi connectivity index (χ3n) is 8.72. The summed E-state index contributed by atoms with van der Waals surface area (Å²) in [5.41, 5.74) is 2.32. The van der Waals surface area contributed by atoms with E-state index in [0.717, 1.165) is 96.2 Å². The standard InChI is InChI=1S/C29H42N4O3/c34-27(22-9-2-3-10-22)30-24-13-14-26(25(21-24)29(36)32-15-6-1-7-16-32)31-17-8-18-33(20-19-31)28(35)23-11-4-5-12-23/h13-14,21-23H,1-12,15-20H2,(H,30,34). The van der Waals surface area contributed by atoms with E-state index in [1.807, 2.05) is 23.1 Å². The van der Waals surface area contributed by atoms with E-state index >= 15 is 0 Å². The van der Waals surface area contributed by atoms with Crippen LogP contribution in [0.5, 0.6) is 0 Å². The average Bonchev–Trinajstić information content (AvgIpc) is 3.60. The Morgan fingerprint density at radius 3 is 2.06 bits per heavy atom. The van der Waals surface area contributed by atoms with Gasteiger partial charge >= 0.3 is 0 Å². The van der Waals surface area contributed by atoms with Crippen molar-refractivity contribution in [1.82, 2.24) is 9.80 Å². The molecule has 0 bridgehead atoms. The molecule has 2 heterocycles. The minimum absolute atomic E-state index is 0.0600. The van der Waals surface area contributed by atoms with Crippen LogP contribution in [0, 0.1) is 11.8 Å². The van der Waals surface area contributed by atoms with Gasteiger partial charge in [-0.2, -0.15) is 0 Å². The van der Waals surface area contributed by atoms with Crippen LogP contribution in [0.4, 0.5) is 11.4 Å². The number of hydrogen-bond donors (Lipinski definition) is 1. The molecule has 0 aromatic heterocycles. The van der Waals surface area contributed by atoms with Crippen molar-refractivity contribution >= 4 is 29.1 Å². The molecule has 3 amide bonds. The lowest BCUT2D eigenvalue weighted by Crippen LogP contribution is -2.39. The van der Waals surface area contributed by atoms with Crippen molar-refractivity contribution in [3.63, 3.8) is 0 Å². The predicted molar refractivity (Wildman–Crippen MR) is 142 cm³/mol. The monoisotopic (exact) mass is 494 g/mol. The zero-order valence-electron chi connectivity index (χ0n) is 21.7. The van der Waals surface area contributed by atoms with Crippen molar-refractivity contribution in [2.75, 3.05) is 49.5 Å². The van der Waals surface area contributed by atoms with Gasteiger partial charge < -0.3 is 20.0 Å². The first-order chi connectivity index (χ1) is 17.6. The molecule has 4 aliphatic rings. The van der Waals surface area contributed by atoms with Crippen molar-refractivity contribution in [3.8, 4) is 0 Å². The van der Waals surface area contributed by atoms with Gasteiger partial charge in [-0.25, -0.2) is 0 Å². The van der Waals surface area contributed by atoms with E-state index in [4.69, 9.17) is 0 Å². The van der Waals surface area contributed by atoms with Crippen LogP contribution < -0.4 is 10.2 Å². The summed E-state index contributed by atoms with van der Waals surface area (Å²) in [5, 5.41) is 3.10. The third-order valence-corrected chi connectivity index (χ3v) is 8.72. The summed E-state index contributed by atoms with van der Waals surface area (Å²) >= 11 is 0. The molecular formula is C29H42N4O3. The molecular weight excluding hydrogens is 452 g/mol. The Hall–Kier alpha value is -2.57. The maximum atomic E-state index is 13.7. The molecule has 0 atom stereocenters. The van der Waals surface area contributed by atoms with Crippen molar-refractivity contribution in [1.29, 1.82) is 0 Å². The van der Waals surface area contributed by atoms with Crippen molar-refractivity contribution < 1.29 is 14.4 Å². The molecule has 196 valence electrons. The van der Waals surface area contributed by atoms with Crippen LogP contribution in [0.25, 0.3) is 0 Å². The van der Waals surface area contributed by atoms with E-state index in [1.165, 1.54) is 19.3 Å². The molecule has 0 radical (unpaired) electrons. The largest absolute Gasteiger partial charge is 0.369 e. The lowest BCUT2D eigenvalue weighted by molar-refractivity contribution is -0.135. The van der Waals surface area contributed by atoms with E-state index in [1.54, 1.807) is 0 Å². The molecule has 1 N–H and O–H groups in total. The number of benzene rings is 1. The van der Waals surface area contributed by atoms with E-state index in [2.05, 4.69) is 15.1 Å². The molecule has 0 unspecified atom stereocenters. The third kappa shape index (κ3) is 5.70. The number of amides is 3. The van der Waals surface area contributed by atoms with E-state index in [-0.39, 0.29) is 23.7 Å². The number of nitrogens with zero attached hydrogens (tertiary/aromatic N) is 3. The number of anilines is 2. The molecule has 2 saturated heterocycles. The number of nitrogens with one attached hydrogen (secondary N) is 1. The highest BCUT2D eigenvalue weighted by Crippen LogP contribution is 2.31. The van der Waals surface area contributed by atoms with Crippen LogP contribution in [-0.4, -0.2) is 66.8 Å². The first-order valence-corrected chi connectivity index (χ1v) is 14.4. The Morgan fingerprint density at radius 1 is 0.667 bits per heavy atom. The quantitative estimate of drug-likeness (QED) is 0.646. The zero-order chi connectivity index (χ0) is 24.9. The lowest BCUT2D eigenvalue weighted by atomic mass is 10.0. The second-order valence-corrected chi connectivity index (χ2v) is 11.2.